The van der Waals surface area contributed by atoms with Gasteiger partial charge in [0.15, 0.2) is 0 Å². The fourth-order valence-corrected chi connectivity index (χ4v) is 1.91. The van der Waals surface area contributed by atoms with Gasteiger partial charge in [0.25, 0.3) is 0 Å². The van der Waals surface area contributed by atoms with Crippen molar-refractivity contribution in [1.29, 1.82) is 0 Å². The van der Waals surface area contributed by atoms with Crippen molar-refractivity contribution in [2.75, 3.05) is 32.8 Å². The average Bonchev–Trinajstić information content (AvgIpc) is 2.29. The van der Waals surface area contributed by atoms with Crippen molar-refractivity contribution >= 4 is 0 Å². The number of nitrogens with one attached hydrogen (secondary N) is 1. The summed E-state index contributed by atoms with van der Waals surface area (Å²) in [5.74, 6) is 0. The Morgan fingerprint density at radius 3 is 3.13 bits per heavy atom. The van der Waals surface area contributed by atoms with E-state index in [4.69, 9.17) is 4.74 Å². The molecular formula is C12H24N2O. The van der Waals surface area contributed by atoms with E-state index >= 15 is 0 Å². The molecule has 1 fully saturated rings. The van der Waals surface area contributed by atoms with Crippen LogP contribution in [0.3, 0.4) is 0 Å². The highest BCUT2D eigenvalue weighted by Gasteiger charge is 2.22. The SMILES string of the molecule is C=CCNCC(C)N1CCOC(CC)C1. The third kappa shape index (κ3) is 4.33. The molecule has 0 aromatic heterocycles. The molecule has 1 aliphatic rings. The van der Waals surface area contributed by atoms with Crippen LogP contribution in [0.2, 0.25) is 0 Å². The number of morpholine rings is 1. The molecule has 0 bridgehead atoms. The van der Waals surface area contributed by atoms with Gasteiger partial charge >= 0.3 is 0 Å². The quantitative estimate of drug-likeness (QED) is 0.530. The van der Waals surface area contributed by atoms with Gasteiger partial charge in [-0.05, 0) is 13.3 Å². The van der Waals surface area contributed by atoms with Gasteiger partial charge in [0, 0.05) is 32.2 Å². The van der Waals surface area contributed by atoms with E-state index in [9.17, 15) is 0 Å². The molecule has 1 aliphatic heterocycles. The summed E-state index contributed by atoms with van der Waals surface area (Å²) in [5.41, 5.74) is 0. The number of hydrogen-bond acceptors (Lipinski definition) is 3. The van der Waals surface area contributed by atoms with Crippen LogP contribution in [0.5, 0.6) is 0 Å². The van der Waals surface area contributed by atoms with E-state index in [1.807, 2.05) is 6.08 Å². The van der Waals surface area contributed by atoms with Gasteiger partial charge in [-0.2, -0.15) is 0 Å². The third-order valence-corrected chi connectivity index (χ3v) is 2.98. The zero-order chi connectivity index (χ0) is 11.1. The minimum atomic E-state index is 0.431. The van der Waals surface area contributed by atoms with E-state index in [0.717, 1.165) is 39.2 Å². The summed E-state index contributed by atoms with van der Waals surface area (Å²) in [5, 5.41) is 3.36. The van der Waals surface area contributed by atoms with Gasteiger partial charge in [0.2, 0.25) is 0 Å². The highest BCUT2D eigenvalue weighted by atomic mass is 16.5. The number of ether oxygens (including phenoxy) is 1. The Balaban J connectivity index is 2.25. The summed E-state index contributed by atoms with van der Waals surface area (Å²) in [6.45, 7) is 13.1. The van der Waals surface area contributed by atoms with E-state index in [1.165, 1.54) is 0 Å². The zero-order valence-corrected chi connectivity index (χ0v) is 10.0. The fourth-order valence-electron chi connectivity index (χ4n) is 1.91. The van der Waals surface area contributed by atoms with Crippen LogP contribution in [-0.2, 0) is 4.74 Å². The van der Waals surface area contributed by atoms with Crippen LogP contribution in [0.25, 0.3) is 0 Å². The minimum Gasteiger partial charge on any atom is -0.376 e. The standard InChI is InChI=1S/C12H24N2O/c1-4-6-13-9-11(3)14-7-8-15-12(5-2)10-14/h4,11-13H,1,5-10H2,2-3H3. The van der Waals surface area contributed by atoms with Gasteiger partial charge in [0.1, 0.15) is 0 Å². The normalized spacial score (nSPS) is 25.1. The first-order valence-corrected chi connectivity index (χ1v) is 5.95. The second-order valence-corrected chi connectivity index (χ2v) is 4.19. The molecule has 2 atom stereocenters. The summed E-state index contributed by atoms with van der Waals surface area (Å²) in [6.07, 6.45) is 3.45. The summed E-state index contributed by atoms with van der Waals surface area (Å²) >= 11 is 0. The molecule has 88 valence electrons. The van der Waals surface area contributed by atoms with Crippen molar-refractivity contribution < 1.29 is 4.74 Å². The molecule has 1 N–H and O–H groups in total. The van der Waals surface area contributed by atoms with Crippen molar-refractivity contribution in [3.63, 3.8) is 0 Å². The molecule has 0 radical (unpaired) electrons. The Morgan fingerprint density at radius 1 is 1.67 bits per heavy atom. The lowest BCUT2D eigenvalue weighted by Crippen LogP contribution is -2.49. The van der Waals surface area contributed by atoms with Gasteiger partial charge in [-0.15, -0.1) is 6.58 Å². The van der Waals surface area contributed by atoms with Crippen LogP contribution >= 0.6 is 0 Å². The lowest BCUT2D eigenvalue weighted by Gasteiger charge is -2.36. The lowest BCUT2D eigenvalue weighted by atomic mass is 10.2. The third-order valence-electron chi connectivity index (χ3n) is 2.98. The van der Waals surface area contributed by atoms with Crippen molar-refractivity contribution in [3.05, 3.63) is 12.7 Å². The molecule has 0 aromatic rings. The molecule has 0 spiro atoms. The predicted octanol–water partition coefficient (Wildman–Crippen LogP) is 1.26. The molecule has 15 heavy (non-hydrogen) atoms. The Bertz CT molecular complexity index is 184. The van der Waals surface area contributed by atoms with Gasteiger partial charge in [0.05, 0.1) is 12.7 Å². The summed E-state index contributed by atoms with van der Waals surface area (Å²) in [7, 11) is 0. The van der Waals surface area contributed by atoms with Gasteiger partial charge in [-0.25, -0.2) is 0 Å². The second kappa shape index (κ2) is 6.99. The molecular weight excluding hydrogens is 188 g/mol. The molecule has 1 heterocycles. The summed E-state index contributed by atoms with van der Waals surface area (Å²) in [4.78, 5) is 2.51. The van der Waals surface area contributed by atoms with Crippen LogP contribution in [0.15, 0.2) is 12.7 Å². The summed E-state index contributed by atoms with van der Waals surface area (Å²) in [6, 6.07) is 0.586. The van der Waals surface area contributed by atoms with E-state index in [1.54, 1.807) is 0 Å². The highest BCUT2D eigenvalue weighted by molar-refractivity contribution is 4.78. The number of hydrogen-bond donors (Lipinski definition) is 1. The van der Waals surface area contributed by atoms with Crippen LogP contribution in [0, 0.1) is 0 Å². The first kappa shape index (κ1) is 12.7. The number of nitrogens with zero attached hydrogens (tertiary/aromatic N) is 1. The highest BCUT2D eigenvalue weighted by Crippen LogP contribution is 2.10. The Labute approximate surface area is 93.5 Å². The molecule has 3 nitrogen and oxygen atoms in total. The Hall–Kier alpha value is -0.380. The maximum Gasteiger partial charge on any atom is 0.0700 e. The molecule has 1 rings (SSSR count). The zero-order valence-electron chi connectivity index (χ0n) is 10.0. The van der Waals surface area contributed by atoms with Crippen molar-refractivity contribution in [2.45, 2.75) is 32.4 Å². The van der Waals surface area contributed by atoms with Crippen molar-refractivity contribution in [1.82, 2.24) is 10.2 Å². The molecule has 0 amide bonds. The van der Waals surface area contributed by atoms with E-state index < -0.39 is 0 Å². The maximum atomic E-state index is 5.65. The minimum absolute atomic E-state index is 0.431. The summed E-state index contributed by atoms with van der Waals surface area (Å²) < 4.78 is 5.65. The Kier molecular flexibility index (Phi) is 5.91. The van der Waals surface area contributed by atoms with Crippen molar-refractivity contribution in [2.24, 2.45) is 0 Å². The van der Waals surface area contributed by atoms with Gasteiger partial charge in [-0.3, -0.25) is 4.90 Å². The molecule has 0 aliphatic carbocycles. The van der Waals surface area contributed by atoms with E-state index in [2.05, 4.69) is 30.6 Å². The smallest absolute Gasteiger partial charge is 0.0700 e. The van der Waals surface area contributed by atoms with Gasteiger partial charge < -0.3 is 10.1 Å². The Morgan fingerprint density at radius 2 is 2.47 bits per heavy atom. The number of rotatable bonds is 6. The van der Waals surface area contributed by atoms with Crippen molar-refractivity contribution in [3.8, 4) is 0 Å². The molecule has 0 aromatic carbocycles. The largest absolute Gasteiger partial charge is 0.376 e. The van der Waals surface area contributed by atoms with Crippen LogP contribution < -0.4 is 5.32 Å². The fraction of sp³-hybridized carbons (Fsp3) is 0.833. The van der Waals surface area contributed by atoms with Crippen LogP contribution in [0.1, 0.15) is 20.3 Å². The molecule has 3 heteroatoms. The first-order valence-electron chi connectivity index (χ1n) is 5.95. The molecule has 2 unspecified atom stereocenters. The van der Waals surface area contributed by atoms with Crippen LogP contribution in [0.4, 0.5) is 0 Å². The predicted molar refractivity (Wildman–Crippen MR) is 64.1 cm³/mol. The first-order chi connectivity index (χ1) is 7.27. The topological polar surface area (TPSA) is 24.5 Å². The monoisotopic (exact) mass is 212 g/mol. The second-order valence-electron chi connectivity index (χ2n) is 4.19. The molecule has 0 saturated carbocycles. The van der Waals surface area contributed by atoms with E-state index in [0.29, 0.717) is 12.1 Å². The van der Waals surface area contributed by atoms with Gasteiger partial charge in [-0.1, -0.05) is 13.0 Å². The molecule has 1 saturated heterocycles. The van der Waals surface area contributed by atoms with E-state index in [-0.39, 0.29) is 0 Å². The van der Waals surface area contributed by atoms with Crippen LogP contribution in [-0.4, -0.2) is 49.8 Å². The maximum absolute atomic E-state index is 5.65. The lowest BCUT2D eigenvalue weighted by molar-refractivity contribution is -0.0415. The average molecular weight is 212 g/mol.